The number of hydrogen-bond donors (Lipinski definition) is 2. The summed E-state index contributed by atoms with van der Waals surface area (Å²) in [5.41, 5.74) is 18.1. The average Bonchev–Trinajstić information content (AvgIpc) is 2.17. The van der Waals surface area contributed by atoms with Crippen molar-refractivity contribution in [2.75, 3.05) is 0 Å². The second-order valence-corrected chi connectivity index (χ2v) is 2.62. The molecule has 0 atom stereocenters. The highest BCUT2D eigenvalue weighted by atomic mass is 16.2. The topological polar surface area (TPSA) is 135 Å². The van der Waals surface area contributed by atoms with Crippen LogP contribution in [0.1, 0.15) is 20.7 Å². The molecular formula is C8H7N5O2. The molecule has 0 radical (unpaired) electrons. The molecule has 0 saturated carbocycles. The van der Waals surface area contributed by atoms with E-state index in [1.807, 2.05) is 0 Å². The first-order chi connectivity index (χ1) is 7.07. The number of primary amides is 2. The number of nitrogens with two attached hydrogens (primary N) is 2. The molecule has 0 spiro atoms. The second-order valence-electron chi connectivity index (χ2n) is 2.62. The first-order valence-corrected chi connectivity index (χ1v) is 3.85. The average molecular weight is 205 g/mol. The predicted octanol–water partition coefficient (Wildman–Crippen LogP) is 0.826. The molecular weight excluding hydrogens is 198 g/mol. The van der Waals surface area contributed by atoms with Crippen LogP contribution in [0.2, 0.25) is 0 Å². The van der Waals surface area contributed by atoms with E-state index in [2.05, 4.69) is 10.0 Å². The molecule has 76 valence electrons. The van der Waals surface area contributed by atoms with Crippen LogP contribution in [-0.4, -0.2) is 11.8 Å². The minimum absolute atomic E-state index is 0.0127. The van der Waals surface area contributed by atoms with Gasteiger partial charge in [-0.15, -0.1) is 0 Å². The van der Waals surface area contributed by atoms with E-state index >= 15 is 0 Å². The van der Waals surface area contributed by atoms with Crippen LogP contribution in [-0.2, 0) is 0 Å². The monoisotopic (exact) mass is 205 g/mol. The normalized spacial score (nSPS) is 9.07. The Morgan fingerprint density at radius 3 is 2.40 bits per heavy atom. The molecule has 0 aliphatic rings. The lowest BCUT2D eigenvalue weighted by atomic mass is 10.0. The lowest BCUT2D eigenvalue weighted by Crippen LogP contribution is -2.20. The summed E-state index contributed by atoms with van der Waals surface area (Å²) in [6, 6.07) is 4.14. The van der Waals surface area contributed by atoms with Crippen molar-refractivity contribution < 1.29 is 9.59 Å². The molecule has 4 N–H and O–H groups in total. The molecule has 0 aromatic heterocycles. The van der Waals surface area contributed by atoms with Gasteiger partial charge in [-0.3, -0.25) is 9.59 Å². The van der Waals surface area contributed by atoms with Gasteiger partial charge < -0.3 is 11.5 Å². The zero-order valence-corrected chi connectivity index (χ0v) is 7.54. The molecule has 2 amide bonds. The van der Waals surface area contributed by atoms with Gasteiger partial charge in [0.25, 0.3) is 0 Å². The van der Waals surface area contributed by atoms with Crippen LogP contribution in [0.5, 0.6) is 0 Å². The largest absolute Gasteiger partial charge is 0.366 e. The number of azide groups is 1. The Morgan fingerprint density at radius 1 is 1.27 bits per heavy atom. The van der Waals surface area contributed by atoms with Crippen molar-refractivity contribution in [3.63, 3.8) is 0 Å². The van der Waals surface area contributed by atoms with Crippen molar-refractivity contribution in [2.24, 2.45) is 16.6 Å². The summed E-state index contributed by atoms with van der Waals surface area (Å²) < 4.78 is 0. The Kier molecular flexibility index (Phi) is 2.90. The Morgan fingerprint density at radius 2 is 1.93 bits per heavy atom. The Hall–Kier alpha value is -2.53. The van der Waals surface area contributed by atoms with Crippen LogP contribution in [0.15, 0.2) is 23.3 Å². The Balaban J connectivity index is 3.55. The maximum Gasteiger partial charge on any atom is 0.249 e. The van der Waals surface area contributed by atoms with Crippen LogP contribution in [0.4, 0.5) is 5.69 Å². The number of nitrogens with zero attached hydrogens (tertiary/aromatic N) is 3. The van der Waals surface area contributed by atoms with Crippen LogP contribution in [0.3, 0.4) is 0 Å². The van der Waals surface area contributed by atoms with E-state index in [1.165, 1.54) is 18.2 Å². The summed E-state index contributed by atoms with van der Waals surface area (Å²) in [6.45, 7) is 0. The Bertz CT molecular complexity index is 456. The van der Waals surface area contributed by atoms with Crippen LogP contribution < -0.4 is 11.5 Å². The zero-order valence-electron chi connectivity index (χ0n) is 7.54. The summed E-state index contributed by atoms with van der Waals surface area (Å²) in [6.07, 6.45) is 0. The van der Waals surface area contributed by atoms with Gasteiger partial charge in [-0.05, 0) is 11.6 Å². The molecule has 7 nitrogen and oxygen atoms in total. The van der Waals surface area contributed by atoms with E-state index in [9.17, 15) is 9.59 Å². The van der Waals surface area contributed by atoms with Crippen molar-refractivity contribution in [2.45, 2.75) is 0 Å². The summed E-state index contributed by atoms with van der Waals surface area (Å²) in [5, 5.41) is 3.24. The molecule has 15 heavy (non-hydrogen) atoms. The first-order valence-electron chi connectivity index (χ1n) is 3.85. The number of hydrogen-bond acceptors (Lipinski definition) is 3. The van der Waals surface area contributed by atoms with Crippen molar-refractivity contribution in [1.82, 2.24) is 0 Å². The van der Waals surface area contributed by atoms with Crippen LogP contribution in [0.25, 0.3) is 10.4 Å². The number of benzene rings is 1. The molecule has 0 saturated heterocycles. The number of carbonyl (C=O) groups is 2. The van der Waals surface area contributed by atoms with E-state index in [1.54, 1.807) is 0 Å². The predicted molar refractivity (Wildman–Crippen MR) is 52.3 cm³/mol. The molecule has 7 heteroatoms. The Labute approximate surface area is 84.3 Å². The van der Waals surface area contributed by atoms with Crippen molar-refractivity contribution in [3.05, 3.63) is 39.8 Å². The van der Waals surface area contributed by atoms with Crippen LogP contribution >= 0.6 is 0 Å². The molecule has 1 aromatic rings. The molecule has 0 unspecified atom stereocenters. The molecule has 0 aliphatic heterocycles. The molecule has 0 heterocycles. The first kappa shape index (κ1) is 10.6. The van der Waals surface area contributed by atoms with Gasteiger partial charge in [0.05, 0.1) is 16.8 Å². The molecule has 0 aliphatic carbocycles. The van der Waals surface area contributed by atoms with Gasteiger partial charge >= 0.3 is 0 Å². The second kappa shape index (κ2) is 4.12. The lowest BCUT2D eigenvalue weighted by molar-refractivity contribution is 0.0968. The van der Waals surface area contributed by atoms with Gasteiger partial charge in [0.15, 0.2) is 0 Å². The quantitative estimate of drug-likeness (QED) is 0.429. The number of amides is 2. The third-order valence-corrected chi connectivity index (χ3v) is 1.71. The fraction of sp³-hybridized carbons (Fsp3) is 0. The van der Waals surface area contributed by atoms with Gasteiger partial charge in [0.1, 0.15) is 0 Å². The third-order valence-electron chi connectivity index (χ3n) is 1.71. The maximum absolute atomic E-state index is 11.1. The van der Waals surface area contributed by atoms with Crippen molar-refractivity contribution >= 4 is 17.5 Å². The van der Waals surface area contributed by atoms with E-state index in [0.29, 0.717) is 0 Å². The van der Waals surface area contributed by atoms with Gasteiger partial charge in [0.2, 0.25) is 11.8 Å². The van der Waals surface area contributed by atoms with Gasteiger partial charge in [-0.1, -0.05) is 17.2 Å². The zero-order chi connectivity index (χ0) is 11.4. The van der Waals surface area contributed by atoms with Crippen molar-refractivity contribution in [3.8, 4) is 0 Å². The lowest BCUT2D eigenvalue weighted by Gasteiger charge is -2.05. The van der Waals surface area contributed by atoms with E-state index < -0.39 is 11.8 Å². The maximum atomic E-state index is 11.1. The molecule has 0 fully saturated rings. The van der Waals surface area contributed by atoms with Gasteiger partial charge in [0, 0.05) is 4.91 Å². The third kappa shape index (κ3) is 2.04. The number of carbonyl (C=O) groups excluding carboxylic acids is 2. The van der Waals surface area contributed by atoms with E-state index in [-0.39, 0.29) is 16.8 Å². The van der Waals surface area contributed by atoms with Crippen LogP contribution in [0, 0.1) is 0 Å². The molecule has 1 aromatic carbocycles. The minimum Gasteiger partial charge on any atom is -0.366 e. The number of rotatable bonds is 3. The molecule has 0 bridgehead atoms. The van der Waals surface area contributed by atoms with Gasteiger partial charge in [-0.2, -0.15) is 0 Å². The summed E-state index contributed by atoms with van der Waals surface area (Å²) in [4.78, 5) is 24.5. The SMILES string of the molecule is [N-]=[N+]=Nc1cccc(C(N)=O)c1C(N)=O. The highest BCUT2D eigenvalue weighted by molar-refractivity contribution is 6.09. The minimum atomic E-state index is -0.869. The molecule has 1 rings (SSSR count). The summed E-state index contributed by atoms with van der Waals surface area (Å²) in [5.74, 6) is -1.68. The standard InChI is InChI=1S/C8H7N5O2/c9-7(14)4-2-1-3-5(12-13-11)6(4)8(10)15/h1-3H,(H2,9,14)(H2,10,15). The smallest absolute Gasteiger partial charge is 0.249 e. The van der Waals surface area contributed by atoms with E-state index in [0.717, 1.165) is 0 Å². The van der Waals surface area contributed by atoms with Crippen molar-refractivity contribution in [1.29, 1.82) is 0 Å². The fourth-order valence-electron chi connectivity index (χ4n) is 1.14. The van der Waals surface area contributed by atoms with Gasteiger partial charge in [-0.25, -0.2) is 0 Å². The van der Waals surface area contributed by atoms with E-state index in [4.69, 9.17) is 17.0 Å². The summed E-state index contributed by atoms with van der Waals surface area (Å²) in [7, 11) is 0. The highest BCUT2D eigenvalue weighted by Gasteiger charge is 2.15. The highest BCUT2D eigenvalue weighted by Crippen LogP contribution is 2.22. The fourth-order valence-corrected chi connectivity index (χ4v) is 1.14. The summed E-state index contributed by atoms with van der Waals surface area (Å²) >= 11 is 0.